The highest BCUT2D eigenvalue weighted by atomic mass is 32.2. The van der Waals surface area contributed by atoms with Gasteiger partial charge in [-0.25, -0.2) is 18.1 Å². The molecule has 1 aromatic heterocycles. The molecule has 0 radical (unpaired) electrons. The highest BCUT2D eigenvalue weighted by Crippen LogP contribution is 2.12. The number of aromatic nitrogens is 1. The van der Waals surface area contributed by atoms with Crippen LogP contribution in [0.4, 0.5) is 0 Å². The Balaban J connectivity index is 1.99. The van der Waals surface area contributed by atoms with Crippen molar-refractivity contribution in [3.05, 3.63) is 47.7 Å². The SMILES string of the molecule is Cc1ncc(CNCc2cccc(S(=O)(=O)NC(C)C)c2)o1. The maximum Gasteiger partial charge on any atom is 0.240 e. The summed E-state index contributed by atoms with van der Waals surface area (Å²) in [6.07, 6.45) is 1.68. The van der Waals surface area contributed by atoms with Crippen LogP contribution < -0.4 is 10.0 Å². The molecule has 2 N–H and O–H groups in total. The van der Waals surface area contributed by atoms with Gasteiger partial charge in [0.15, 0.2) is 5.89 Å². The molecule has 2 rings (SSSR count). The lowest BCUT2D eigenvalue weighted by molar-refractivity contribution is 0.455. The number of sulfonamides is 1. The predicted molar refractivity (Wildman–Crippen MR) is 83.7 cm³/mol. The Bertz CT molecular complexity index is 723. The van der Waals surface area contributed by atoms with Crippen molar-refractivity contribution >= 4 is 10.0 Å². The zero-order valence-electron chi connectivity index (χ0n) is 13.0. The molecule has 0 atom stereocenters. The van der Waals surface area contributed by atoms with Gasteiger partial charge in [0.05, 0.1) is 17.6 Å². The van der Waals surface area contributed by atoms with Crippen LogP contribution in [0.5, 0.6) is 0 Å². The molecule has 120 valence electrons. The van der Waals surface area contributed by atoms with E-state index < -0.39 is 10.0 Å². The predicted octanol–water partition coefficient (Wildman–Crippen LogP) is 1.96. The van der Waals surface area contributed by atoms with E-state index in [9.17, 15) is 8.42 Å². The highest BCUT2D eigenvalue weighted by molar-refractivity contribution is 7.89. The molecule has 0 aliphatic carbocycles. The van der Waals surface area contributed by atoms with Gasteiger partial charge in [0.25, 0.3) is 0 Å². The summed E-state index contributed by atoms with van der Waals surface area (Å²) in [4.78, 5) is 4.30. The normalized spacial score (nSPS) is 12.0. The monoisotopic (exact) mass is 323 g/mol. The molecular formula is C15H21N3O3S. The van der Waals surface area contributed by atoms with Gasteiger partial charge in [0.1, 0.15) is 5.76 Å². The van der Waals surface area contributed by atoms with Crippen LogP contribution in [0.3, 0.4) is 0 Å². The zero-order valence-corrected chi connectivity index (χ0v) is 13.8. The van der Waals surface area contributed by atoms with Crippen molar-refractivity contribution in [2.45, 2.75) is 44.8 Å². The van der Waals surface area contributed by atoms with Crippen LogP contribution in [-0.2, 0) is 23.1 Å². The summed E-state index contributed by atoms with van der Waals surface area (Å²) in [5.74, 6) is 1.38. The van der Waals surface area contributed by atoms with Crippen LogP contribution in [-0.4, -0.2) is 19.4 Å². The van der Waals surface area contributed by atoms with Crippen molar-refractivity contribution in [3.63, 3.8) is 0 Å². The molecule has 0 saturated carbocycles. The molecule has 0 fully saturated rings. The Morgan fingerprint density at radius 1 is 1.27 bits per heavy atom. The first-order valence-corrected chi connectivity index (χ1v) is 8.58. The molecule has 0 saturated heterocycles. The number of benzene rings is 1. The average molecular weight is 323 g/mol. The van der Waals surface area contributed by atoms with Crippen LogP contribution in [0, 0.1) is 6.92 Å². The molecule has 0 aliphatic heterocycles. The van der Waals surface area contributed by atoms with Crippen molar-refractivity contribution in [1.82, 2.24) is 15.0 Å². The quantitative estimate of drug-likeness (QED) is 0.814. The van der Waals surface area contributed by atoms with Gasteiger partial charge >= 0.3 is 0 Å². The smallest absolute Gasteiger partial charge is 0.240 e. The van der Waals surface area contributed by atoms with E-state index in [0.717, 1.165) is 11.3 Å². The molecule has 6 nitrogen and oxygen atoms in total. The van der Waals surface area contributed by atoms with E-state index in [0.29, 0.717) is 19.0 Å². The zero-order chi connectivity index (χ0) is 16.2. The third-order valence-corrected chi connectivity index (χ3v) is 4.55. The second kappa shape index (κ2) is 7.04. The minimum atomic E-state index is -3.46. The molecule has 2 aromatic rings. The summed E-state index contributed by atoms with van der Waals surface area (Å²) < 4.78 is 32.2. The minimum absolute atomic E-state index is 0.138. The van der Waals surface area contributed by atoms with Crippen molar-refractivity contribution < 1.29 is 12.8 Å². The van der Waals surface area contributed by atoms with Crippen LogP contribution >= 0.6 is 0 Å². The summed E-state index contributed by atoms with van der Waals surface area (Å²) in [6, 6.07) is 6.75. The van der Waals surface area contributed by atoms with Crippen molar-refractivity contribution in [2.24, 2.45) is 0 Å². The maximum atomic E-state index is 12.1. The fourth-order valence-corrected chi connectivity index (χ4v) is 3.34. The Morgan fingerprint density at radius 3 is 2.68 bits per heavy atom. The summed E-state index contributed by atoms with van der Waals surface area (Å²) in [5, 5.41) is 3.20. The summed E-state index contributed by atoms with van der Waals surface area (Å²) in [7, 11) is -3.46. The van der Waals surface area contributed by atoms with Gasteiger partial charge < -0.3 is 9.73 Å². The molecule has 0 amide bonds. The van der Waals surface area contributed by atoms with E-state index in [-0.39, 0.29) is 10.9 Å². The molecule has 0 aliphatic rings. The van der Waals surface area contributed by atoms with E-state index in [2.05, 4.69) is 15.0 Å². The van der Waals surface area contributed by atoms with Crippen molar-refractivity contribution in [3.8, 4) is 0 Å². The van der Waals surface area contributed by atoms with Crippen LogP contribution in [0.2, 0.25) is 0 Å². The first kappa shape index (κ1) is 16.7. The highest BCUT2D eigenvalue weighted by Gasteiger charge is 2.15. The first-order chi connectivity index (χ1) is 10.4. The minimum Gasteiger partial charge on any atom is -0.445 e. The number of nitrogens with one attached hydrogen (secondary N) is 2. The van der Waals surface area contributed by atoms with Crippen LogP contribution in [0.15, 0.2) is 39.8 Å². The van der Waals surface area contributed by atoms with E-state index in [1.807, 2.05) is 6.07 Å². The second-order valence-electron chi connectivity index (χ2n) is 5.37. The average Bonchev–Trinajstić information content (AvgIpc) is 2.83. The topological polar surface area (TPSA) is 84.2 Å². The Hall–Kier alpha value is -1.70. The third-order valence-electron chi connectivity index (χ3n) is 2.90. The number of hydrogen-bond donors (Lipinski definition) is 2. The Morgan fingerprint density at radius 2 is 2.05 bits per heavy atom. The van der Waals surface area contributed by atoms with Gasteiger partial charge in [-0.3, -0.25) is 0 Å². The van der Waals surface area contributed by atoms with E-state index >= 15 is 0 Å². The summed E-state index contributed by atoms with van der Waals surface area (Å²) in [5.41, 5.74) is 0.892. The molecule has 0 spiro atoms. The molecule has 0 bridgehead atoms. The molecular weight excluding hydrogens is 302 g/mol. The number of aryl methyl sites for hydroxylation is 1. The van der Waals surface area contributed by atoms with Gasteiger partial charge in [-0.2, -0.15) is 0 Å². The van der Waals surface area contributed by atoms with Gasteiger partial charge in [0.2, 0.25) is 10.0 Å². The number of oxazole rings is 1. The standard InChI is InChI=1S/C15H21N3O3S/c1-11(2)18-22(19,20)15-6-4-5-13(7-15)8-16-9-14-10-17-12(3)21-14/h4-7,10-11,16,18H,8-9H2,1-3H3. The Kier molecular flexibility index (Phi) is 5.33. The third kappa shape index (κ3) is 4.66. The fourth-order valence-electron chi connectivity index (χ4n) is 2.02. The number of rotatable bonds is 7. The van der Waals surface area contributed by atoms with Gasteiger partial charge in [-0.15, -0.1) is 0 Å². The molecule has 1 aromatic carbocycles. The number of nitrogens with zero attached hydrogens (tertiary/aromatic N) is 1. The summed E-state index contributed by atoms with van der Waals surface area (Å²) in [6.45, 7) is 6.47. The molecule has 7 heteroatoms. The maximum absolute atomic E-state index is 12.1. The molecule has 1 heterocycles. The lowest BCUT2D eigenvalue weighted by atomic mass is 10.2. The lowest BCUT2D eigenvalue weighted by Gasteiger charge is -2.11. The van der Waals surface area contributed by atoms with Crippen molar-refractivity contribution in [1.29, 1.82) is 0 Å². The number of hydrogen-bond acceptors (Lipinski definition) is 5. The fraction of sp³-hybridized carbons (Fsp3) is 0.400. The first-order valence-electron chi connectivity index (χ1n) is 7.10. The van der Waals surface area contributed by atoms with Crippen LogP contribution in [0.1, 0.15) is 31.1 Å². The largest absolute Gasteiger partial charge is 0.445 e. The Labute approximate surface area is 131 Å². The van der Waals surface area contributed by atoms with E-state index in [4.69, 9.17) is 4.42 Å². The lowest BCUT2D eigenvalue weighted by Crippen LogP contribution is -2.30. The van der Waals surface area contributed by atoms with Gasteiger partial charge in [-0.05, 0) is 31.5 Å². The van der Waals surface area contributed by atoms with E-state index in [1.54, 1.807) is 45.2 Å². The second-order valence-corrected chi connectivity index (χ2v) is 7.09. The van der Waals surface area contributed by atoms with Crippen molar-refractivity contribution in [2.75, 3.05) is 0 Å². The molecule has 0 unspecified atom stereocenters. The van der Waals surface area contributed by atoms with E-state index in [1.165, 1.54) is 0 Å². The molecule has 22 heavy (non-hydrogen) atoms. The van der Waals surface area contributed by atoms with Gasteiger partial charge in [-0.1, -0.05) is 12.1 Å². The van der Waals surface area contributed by atoms with Crippen LogP contribution in [0.25, 0.3) is 0 Å². The van der Waals surface area contributed by atoms with Gasteiger partial charge in [0, 0.05) is 19.5 Å². The summed E-state index contributed by atoms with van der Waals surface area (Å²) >= 11 is 0.